The van der Waals surface area contributed by atoms with Gasteiger partial charge in [0.1, 0.15) is 0 Å². The summed E-state index contributed by atoms with van der Waals surface area (Å²) in [5.41, 5.74) is 0. The number of nitrogens with zero attached hydrogens (tertiary/aromatic N) is 1. The number of amides is 1. The third-order valence-electron chi connectivity index (χ3n) is 4.14. The Hall–Kier alpha value is -0.610. The van der Waals surface area contributed by atoms with Crippen LogP contribution in [-0.2, 0) is 9.53 Å². The van der Waals surface area contributed by atoms with Crippen LogP contribution in [0.5, 0.6) is 0 Å². The molecular formula is C14H26N2O2. The number of hydrogen-bond acceptors (Lipinski definition) is 3. The number of rotatable bonds is 7. The number of nitrogens with one attached hydrogen (secondary N) is 1. The van der Waals surface area contributed by atoms with Gasteiger partial charge in [0.2, 0.25) is 5.91 Å². The largest absolute Gasteiger partial charge is 0.381 e. The Morgan fingerprint density at radius 2 is 2.11 bits per heavy atom. The molecule has 0 aromatic rings. The summed E-state index contributed by atoms with van der Waals surface area (Å²) in [7, 11) is 0. The van der Waals surface area contributed by atoms with E-state index in [0.29, 0.717) is 31.6 Å². The molecule has 4 nitrogen and oxygen atoms in total. The molecule has 0 radical (unpaired) electrons. The molecule has 0 spiro atoms. The standard InChI is InChI=1S/C14H26N2O2/c1-3-16-9-12(11-5-6-11)13(10-16)15-14(17)7-8-18-4-2/h11-13H,3-10H2,1-2H3,(H,15,17)/t12-,13+/m1/s1. The van der Waals surface area contributed by atoms with Crippen molar-refractivity contribution >= 4 is 5.91 Å². The molecule has 1 N–H and O–H groups in total. The van der Waals surface area contributed by atoms with Crippen LogP contribution < -0.4 is 5.32 Å². The van der Waals surface area contributed by atoms with Crippen molar-refractivity contribution in [3.8, 4) is 0 Å². The Labute approximate surface area is 110 Å². The Morgan fingerprint density at radius 1 is 1.33 bits per heavy atom. The molecule has 1 saturated carbocycles. The average molecular weight is 254 g/mol. The molecule has 2 atom stereocenters. The first-order valence-corrected chi connectivity index (χ1v) is 7.34. The molecular weight excluding hydrogens is 228 g/mol. The fraction of sp³-hybridized carbons (Fsp3) is 0.929. The van der Waals surface area contributed by atoms with E-state index in [1.165, 1.54) is 12.8 Å². The van der Waals surface area contributed by atoms with E-state index in [4.69, 9.17) is 4.74 Å². The first-order valence-electron chi connectivity index (χ1n) is 7.34. The van der Waals surface area contributed by atoms with Crippen LogP contribution in [-0.4, -0.2) is 49.7 Å². The predicted octanol–water partition coefficient (Wildman–Crippen LogP) is 1.26. The molecule has 1 saturated heterocycles. The molecule has 2 rings (SSSR count). The van der Waals surface area contributed by atoms with Gasteiger partial charge in [-0.05, 0) is 38.1 Å². The molecule has 0 aromatic heterocycles. The van der Waals surface area contributed by atoms with Crippen LogP contribution in [0, 0.1) is 11.8 Å². The molecule has 0 aromatic carbocycles. The topological polar surface area (TPSA) is 41.6 Å². The molecule has 1 heterocycles. The molecule has 2 aliphatic rings. The van der Waals surface area contributed by atoms with Crippen LogP contribution in [0.25, 0.3) is 0 Å². The van der Waals surface area contributed by atoms with Crippen LogP contribution in [0.4, 0.5) is 0 Å². The minimum atomic E-state index is 0.150. The lowest BCUT2D eigenvalue weighted by atomic mass is 9.98. The quantitative estimate of drug-likeness (QED) is 0.695. The molecule has 104 valence electrons. The second-order valence-electron chi connectivity index (χ2n) is 5.47. The Kier molecular flexibility index (Phi) is 5.01. The summed E-state index contributed by atoms with van der Waals surface area (Å²) in [6.45, 7) is 8.66. The molecule has 18 heavy (non-hydrogen) atoms. The van der Waals surface area contributed by atoms with Gasteiger partial charge in [0, 0.05) is 32.2 Å². The molecule has 1 amide bonds. The molecule has 1 aliphatic heterocycles. The zero-order chi connectivity index (χ0) is 13.0. The third-order valence-corrected chi connectivity index (χ3v) is 4.14. The summed E-state index contributed by atoms with van der Waals surface area (Å²) in [4.78, 5) is 14.3. The minimum absolute atomic E-state index is 0.150. The van der Waals surface area contributed by atoms with E-state index in [2.05, 4.69) is 17.1 Å². The summed E-state index contributed by atoms with van der Waals surface area (Å²) in [5, 5.41) is 3.21. The molecule has 0 bridgehead atoms. The fourth-order valence-electron chi connectivity index (χ4n) is 2.91. The Bertz CT molecular complexity index is 279. The van der Waals surface area contributed by atoms with Gasteiger partial charge in [0.15, 0.2) is 0 Å². The molecule has 2 fully saturated rings. The first-order chi connectivity index (χ1) is 8.74. The van der Waals surface area contributed by atoms with E-state index in [1.54, 1.807) is 0 Å². The monoisotopic (exact) mass is 254 g/mol. The lowest BCUT2D eigenvalue weighted by Crippen LogP contribution is -2.41. The average Bonchev–Trinajstić information content (AvgIpc) is 3.12. The lowest BCUT2D eigenvalue weighted by molar-refractivity contribution is -0.123. The maximum absolute atomic E-state index is 11.8. The van der Waals surface area contributed by atoms with Gasteiger partial charge in [-0.3, -0.25) is 4.79 Å². The van der Waals surface area contributed by atoms with Crippen molar-refractivity contribution in [1.29, 1.82) is 0 Å². The maximum Gasteiger partial charge on any atom is 0.222 e. The van der Waals surface area contributed by atoms with E-state index < -0.39 is 0 Å². The predicted molar refractivity (Wildman–Crippen MR) is 71.4 cm³/mol. The van der Waals surface area contributed by atoms with Gasteiger partial charge in [0.05, 0.1) is 6.61 Å². The van der Waals surface area contributed by atoms with E-state index in [1.807, 2.05) is 6.92 Å². The molecule has 0 unspecified atom stereocenters. The van der Waals surface area contributed by atoms with Gasteiger partial charge in [-0.1, -0.05) is 6.92 Å². The van der Waals surface area contributed by atoms with Crippen molar-refractivity contribution in [2.75, 3.05) is 32.8 Å². The summed E-state index contributed by atoms with van der Waals surface area (Å²) in [6, 6.07) is 0.367. The maximum atomic E-state index is 11.8. The number of hydrogen-bond donors (Lipinski definition) is 1. The summed E-state index contributed by atoms with van der Waals surface area (Å²) in [5.74, 6) is 1.69. The van der Waals surface area contributed by atoms with Crippen molar-refractivity contribution in [2.45, 2.75) is 39.2 Å². The van der Waals surface area contributed by atoms with E-state index in [0.717, 1.165) is 25.6 Å². The van der Waals surface area contributed by atoms with E-state index in [-0.39, 0.29) is 5.91 Å². The van der Waals surface area contributed by atoms with Crippen molar-refractivity contribution in [3.63, 3.8) is 0 Å². The number of ether oxygens (including phenoxy) is 1. The van der Waals surface area contributed by atoms with Gasteiger partial charge in [-0.2, -0.15) is 0 Å². The number of likely N-dealkylation sites (tertiary alicyclic amines) is 1. The van der Waals surface area contributed by atoms with E-state index >= 15 is 0 Å². The number of carbonyl (C=O) groups is 1. The zero-order valence-corrected chi connectivity index (χ0v) is 11.7. The van der Waals surface area contributed by atoms with Crippen LogP contribution in [0.1, 0.15) is 33.1 Å². The Balaban J connectivity index is 1.77. The third kappa shape index (κ3) is 3.69. The second-order valence-corrected chi connectivity index (χ2v) is 5.47. The van der Waals surface area contributed by atoms with E-state index in [9.17, 15) is 4.79 Å². The first kappa shape index (κ1) is 13.8. The highest BCUT2D eigenvalue weighted by Crippen LogP contribution is 2.41. The fourth-order valence-corrected chi connectivity index (χ4v) is 2.91. The van der Waals surface area contributed by atoms with Crippen LogP contribution >= 0.6 is 0 Å². The van der Waals surface area contributed by atoms with Crippen molar-refractivity contribution in [1.82, 2.24) is 10.2 Å². The normalized spacial score (nSPS) is 28.6. The molecule has 4 heteroatoms. The highest BCUT2D eigenvalue weighted by atomic mass is 16.5. The van der Waals surface area contributed by atoms with Crippen molar-refractivity contribution < 1.29 is 9.53 Å². The van der Waals surface area contributed by atoms with Gasteiger partial charge < -0.3 is 15.0 Å². The number of carbonyl (C=O) groups excluding carboxylic acids is 1. The smallest absolute Gasteiger partial charge is 0.222 e. The van der Waals surface area contributed by atoms with Gasteiger partial charge in [0.25, 0.3) is 0 Å². The number of likely N-dealkylation sites (N-methyl/N-ethyl adjacent to an activating group) is 1. The van der Waals surface area contributed by atoms with Gasteiger partial charge >= 0.3 is 0 Å². The lowest BCUT2D eigenvalue weighted by Gasteiger charge is -2.19. The Morgan fingerprint density at radius 3 is 2.72 bits per heavy atom. The molecule has 1 aliphatic carbocycles. The highest BCUT2D eigenvalue weighted by Gasteiger charge is 2.42. The van der Waals surface area contributed by atoms with Crippen molar-refractivity contribution in [2.24, 2.45) is 11.8 Å². The van der Waals surface area contributed by atoms with Crippen molar-refractivity contribution in [3.05, 3.63) is 0 Å². The van der Waals surface area contributed by atoms with Gasteiger partial charge in [-0.15, -0.1) is 0 Å². The highest BCUT2D eigenvalue weighted by molar-refractivity contribution is 5.76. The van der Waals surface area contributed by atoms with Crippen LogP contribution in [0.2, 0.25) is 0 Å². The summed E-state index contributed by atoms with van der Waals surface area (Å²) < 4.78 is 5.23. The van der Waals surface area contributed by atoms with Crippen LogP contribution in [0.15, 0.2) is 0 Å². The minimum Gasteiger partial charge on any atom is -0.381 e. The second kappa shape index (κ2) is 6.53. The zero-order valence-electron chi connectivity index (χ0n) is 11.7. The SMILES string of the molecule is CCOCCC(=O)N[C@H]1CN(CC)C[C@@H]1C1CC1. The van der Waals surface area contributed by atoms with Crippen LogP contribution in [0.3, 0.4) is 0 Å². The summed E-state index contributed by atoms with van der Waals surface area (Å²) in [6.07, 6.45) is 3.20. The summed E-state index contributed by atoms with van der Waals surface area (Å²) >= 11 is 0. The van der Waals surface area contributed by atoms with Gasteiger partial charge in [-0.25, -0.2) is 0 Å².